The van der Waals surface area contributed by atoms with Crippen molar-refractivity contribution < 1.29 is 28.6 Å². The van der Waals surface area contributed by atoms with Gasteiger partial charge in [-0.1, -0.05) is 36.1 Å². The van der Waals surface area contributed by atoms with Gasteiger partial charge in [-0.3, -0.25) is 14.5 Å². The molecule has 0 bridgehead atoms. The molecule has 27 heavy (non-hydrogen) atoms. The number of carboxylic acid groups (broad SMARTS) is 1. The Kier molecular flexibility index (Phi) is 5.43. The molecule has 1 aromatic carbocycles. The fourth-order valence-corrected chi connectivity index (χ4v) is 3.61. The molecule has 1 aliphatic rings. The Bertz CT molecular complexity index is 960. The van der Waals surface area contributed by atoms with E-state index >= 15 is 0 Å². The van der Waals surface area contributed by atoms with Gasteiger partial charge in [0.15, 0.2) is 0 Å². The second-order valence-corrected chi connectivity index (χ2v) is 7.11. The molecule has 7 nitrogen and oxygen atoms in total. The summed E-state index contributed by atoms with van der Waals surface area (Å²) in [4.78, 5) is 35.9. The van der Waals surface area contributed by atoms with E-state index < -0.39 is 24.4 Å². The number of hydrogen-bond acceptors (Lipinski definition) is 7. The summed E-state index contributed by atoms with van der Waals surface area (Å²) in [7, 11) is 1.31. The molecule has 0 saturated carbocycles. The molecule has 0 aliphatic carbocycles. The van der Waals surface area contributed by atoms with Crippen LogP contribution >= 0.6 is 24.0 Å². The van der Waals surface area contributed by atoms with E-state index in [1.54, 1.807) is 36.4 Å². The summed E-state index contributed by atoms with van der Waals surface area (Å²) in [5, 5.41) is 8.85. The normalized spacial score (nSPS) is 15.4. The van der Waals surface area contributed by atoms with Crippen molar-refractivity contribution >= 4 is 52.2 Å². The molecule has 9 heteroatoms. The second-order valence-electron chi connectivity index (χ2n) is 5.43. The molecule has 0 radical (unpaired) electrons. The van der Waals surface area contributed by atoms with Crippen LogP contribution in [0.25, 0.3) is 17.4 Å². The fraction of sp³-hybridized carbons (Fsp3) is 0.111. The van der Waals surface area contributed by atoms with Crippen LogP contribution in [-0.2, 0) is 14.3 Å². The van der Waals surface area contributed by atoms with Crippen LogP contribution < -0.4 is 0 Å². The molecular weight excluding hydrogens is 390 g/mol. The number of rotatable bonds is 5. The van der Waals surface area contributed by atoms with Crippen molar-refractivity contribution in [2.45, 2.75) is 0 Å². The largest absolute Gasteiger partial charge is 0.480 e. The Labute approximate surface area is 163 Å². The maximum Gasteiger partial charge on any atom is 0.337 e. The number of thiocarbonyl (C=S) groups is 1. The molecule has 138 valence electrons. The van der Waals surface area contributed by atoms with Crippen molar-refractivity contribution in [1.29, 1.82) is 0 Å². The highest BCUT2D eigenvalue weighted by Gasteiger charge is 2.33. The minimum atomic E-state index is -1.14. The first-order valence-electron chi connectivity index (χ1n) is 7.65. The quantitative estimate of drug-likeness (QED) is 0.462. The Morgan fingerprint density at radius 3 is 2.59 bits per heavy atom. The Morgan fingerprint density at radius 1 is 1.26 bits per heavy atom. The van der Waals surface area contributed by atoms with Crippen molar-refractivity contribution in [2.24, 2.45) is 0 Å². The van der Waals surface area contributed by atoms with Crippen LogP contribution in [0.4, 0.5) is 0 Å². The first-order chi connectivity index (χ1) is 12.9. The number of hydrogen-bond donors (Lipinski definition) is 1. The van der Waals surface area contributed by atoms with Crippen LogP contribution in [0.1, 0.15) is 16.1 Å². The van der Waals surface area contributed by atoms with Gasteiger partial charge in [0.05, 0.1) is 17.6 Å². The number of aliphatic carboxylic acids is 1. The molecule has 0 unspecified atom stereocenters. The number of carbonyl (C=O) groups is 3. The molecule has 1 fully saturated rings. The maximum absolute atomic E-state index is 12.3. The highest BCUT2D eigenvalue weighted by Crippen LogP contribution is 2.33. The number of carbonyl (C=O) groups excluding carboxylic acids is 2. The third kappa shape index (κ3) is 4.09. The number of carboxylic acids is 1. The van der Waals surface area contributed by atoms with E-state index in [-0.39, 0.29) is 4.32 Å². The third-order valence-electron chi connectivity index (χ3n) is 3.66. The van der Waals surface area contributed by atoms with E-state index in [4.69, 9.17) is 21.7 Å². The van der Waals surface area contributed by atoms with Crippen LogP contribution in [0.5, 0.6) is 0 Å². The van der Waals surface area contributed by atoms with Gasteiger partial charge in [-0.15, -0.1) is 0 Å². The number of benzene rings is 1. The lowest BCUT2D eigenvalue weighted by Crippen LogP contribution is -2.33. The van der Waals surface area contributed by atoms with E-state index in [0.29, 0.717) is 22.0 Å². The average molecular weight is 403 g/mol. The van der Waals surface area contributed by atoms with Crippen molar-refractivity contribution in [1.82, 2.24) is 4.90 Å². The van der Waals surface area contributed by atoms with Gasteiger partial charge in [-0.05, 0) is 24.3 Å². The highest BCUT2D eigenvalue weighted by molar-refractivity contribution is 8.26. The maximum atomic E-state index is 12.3. The summed E-state index contributed by atoms with van der Waals surface area (Å²) in [6.07, 6.45) is 1.52. The van der Waals surface area contributed by atoms with Crippen LogP contribution in [0.2, 0.25) is 0 Å². The van der Waals surface area contributed by atoms with Crippen LogP contribution in [-0.4, -0.2) is 45.8 Å². The lowest BCUT2D eigenvalue weighted by atomic mass is 10.1. The summed E-state index contributed by atoms with van der Waals surface area (Å²) in [6, 6.07) is 10.1. The molecule has 0 atom stereocenters. The predicted octanol–water partition coefficient (Wildman–Crippen LogP) is 3.02. The van der Waals surface area contributed by atoms with Crippen LogP contribution in [0, 0.1) is 0 Å². The number of thioether (sulfide) groups is 1. The average Bonchev–Trinajstić information content (AvgIpc) is 3.21. The van der Waals surface area contributed by atoms with Gasteiger partial charge in [-0.25, -0.2) is 4.79 Å². The zero-order chi connectivity index (χ0) is 19.6. The summed E-state index contributed by atoms with van der Waals surface area (Å²) in [5.74, 6) is -1.04. The molecule has 1 aromatic heterocycles. The smallest absolute Gasteiger partial charge is 0.337 e. The molecule has 1 N–H and O–H groups in total. The number of ether oxygens (including phenoxy) is 1. The minimum Gasteiger partial charge on any atom is -0.480 e. The van der Waals surface area contributed by atoms with Crippen molar-refractivity contribution in [2.75, 3.05) is 13.7 Å². The Morgan fingerprint density at radius 2 is 1.96 bits per heavy atom. The van der Waals surface area contributed by atoms with Crippen molar-refractivity contribution in [3.63, 3.8) is 0 Å². The van der Waals surface area contributed by atoms with Crippen molar-refractivity contribution in [3.05, 3.63) is 52.6 Å². The van der Waals surface area contributed by atoms with Crippen LogP contribution in [0.15, 0.2) is 45.7 Å². The van der Waals surface area contributed by atoms with Gasteiger partial charge in [0, 0.05) is 11.6 Å². The Hall–Kier alpha value is -2.91. The van der Waals surface area contributed by atoms with Gasteiger partial charge in [0.25, 0.3) is 5.91 Å². The fourth-order valence-electron chi connectivity index (χ4n) is 2.37. The van der Waals surface area contributed by atoms with E-state index in [9.17, 15) is 14.4 Å². The molecule has 1 saturated heterocycles. The molecule has 1 aliphatic heterocycles. The SMILES string of the molecule is COC(=O)c1ccc(-c2ccc(/C=C3/SC(=S)N(CC(=O)O)C3=O)o2)cc1. The monoisotopic (exact) mass is 403 g/mol. The standard InChI is InChI=1S/C18H13NO6S2/c1-24-17(23)11-4-2-10(3-5-11)13-7-6-12(25-13)8-14-16(22)19(9-15(20)21)18(26)27-14/h2-8H,9H2,1H3,(H,20,21)/b14-8+. The lowest BCUT2D eigenvalue weighted by Gasteiger charge is -2.09. The number of nitrogens with zero attached hydrogens (tertiary/aromatic N) is 1. The number of amides is 1. The first kappa shape index (κ1) is 18.9. The zero-order valence-corrected chi connectivity index (χ0v) is 15.6. The van der Waals surface area contributed by atoms with E-state index in [1.807, 2.05) is 0 Å². The lowest BCUT2D eigenvalue weighted by molar-refractivity contribution is -0.140. The van der Waals surface area contributed by atoms with Gasteiger partial charge >= 0.3 is 11.9 Å². The predicted molar refractivity (Wildman–Crippen MR) is 103 cm³/mol. The van der Waals surface area contributed by atoms with Crippen LogP contribution in [0.3, 0.4) is 0 Å². The van der Waals surface area contributed by atoms with E-state index in [2.05, 4.69) is 4.74 Å². The zero-order valence-electron chi connectivity index (χ0n) is 14.0. The second kappa shape index (κ2) is 7.77. The number of methoxy groups -OCH3 is 1. The van der Waals surface area contributed by atoms with E-state index in [0.717, 1.165) is 22.2 Å². The topological polar surface area (TPSA) is 97.0 Å². The van der Waals surface area contributed by atoms with Gasteiger partial charge in [-0.2, -0.15) is 0 Å². The van der Waals surface area contributed by atoms with Gasteiger partial charge in [0.1, 0.15) is 22.4 Å². The molecule has 2 heterocycles. The number of furan rings is 1. The van der Waals surface area contributed by atoms with Crippen molar-refractivity contribution in [3.8, 4) is 11.3 Å². The molecule has 1 amide bonds. The number of esters is 1. The summed E-state index contributed by atoms with van der Waals surface area (Å²) < 4.78 is 10.6. The van der Waals surface area contributed by atoms with Gasteiger partial charge < -0.3 is 14.3 Å². The molecular formula is C18H13NO6S2. The summed E-state index contributed by atoms with van der Waals surface area (Å²) in [5.41, 5.74) is 1.18. The first-order valence-corrected chi connectivity index (χ1v) is 8.87. The molecule has 2 aromatic rings. The van der Waals surface area contributed by atoms with E-state index in [1.165, 1.54) is 13.2 Å². The molecule has 0 spiro atoms. The third-order valence-corrected chi connectivity index (χ3v) is 5.04. The highest BCUT2D eigenvalue weighted by atomic mass is 32.2. The molecule has 3 rings (SSSR count). The van der Waals surface area contributed by atoms with Gasteiger partial charge in [0.2, 0.25) is 0 Å². The summed E-state index contributed by atoms with van der Waals surface area (Å²) >= 11 is 6.08. The Balaban J connectivity index is 1.79. The summed E-state index contributed by atoms with van der Waals surface area (Å²) in [6.45, 7) is -0.474. The minimum absolute atomic E-state index is 0.193.